The first-order chi connectivity index (χ1) is 5.33. The average Bonchev–Trinajstić information content (AvgIpc) is 2.04. The van der Waals surface area contributed by atoms with Gasteiger partial charge in [0.25, 0.3) is 0 Å². The fourth-order valence-corrected chi connectivity index (χ4v) is 0.729. The second-order valence-electron chi connectivity index (χ2n) is 2.06. The van der Waals surface area contributed by atoms with Crippen LogP contribution in [0.2, 0.25) is 0 Å². The molecule has 0 aliphatic heterocycles. The maximum absolute atomic E-state index is 10.6. The molecule has 0 fully saturated rings. The van der Waals surface area contributed by atoms with Crippen LogP contribution in [0.4, 0.5) is 0 Å². The van der Waals surface area contributed by atoms with E-state index in [1.807, 2.05) is 0 Å². The van der Waals surface area contributed by atoms with E-state index in [2.05, 4.69) is 0 Å². The van der Waals surface area contributed by atoms with Crippen molar-refractivity contribution < 1.29 is 9.90 Å². The first kappa shape index (κ1) is 7.54. The van der Waals surface area contributed by atoms with Gasteiger partial charge in [-0.2, -0.15) is 0 Å². The molecule has 1 aromatic rings. The van der Waals surface area contributed by atoms with E-state index in [-0.39, 0.29) is 5.75 Å². The molecular weight excluding hydrogens is 140 g/mol. The van der Waals surface area contributed by atoms with E-state index in [0.29, 0.717) is 6.29 Å². The van der Waals surface area contributed by atoms with Crippen LogP contribution in [-0.2, 0) is 9.90 Å². The monoisotopic (exact) mass is 147 g/mol. The van der Waals surface area contributed by atoms with Crippen LogP contribution < -0.4 is 0 Å². The number of rotatable bonds is 2. The highest BCUT2D eigenvalue weighted by atomic mass is 16.3. The maximum Gasteiger partial charge on any atom is 0.178 e. The molecule has 1 aromatic carbocycles. The first-order valence-corrected chi connectivity index (χ1v) is 3.22. The van der Waals surface area contributed by atoms with Crippen LogP contribution in [0.5, 0.6) is 5.75 Å². The number of carbonyl (C=O) groups is 1. The van der Waals surface area contributed by atoms with Gasteiger partial charge < -0.3 is 0 Å². The minimum atomic E-state index is -0.0201. The fourth-order valence-electron chi connectivity index (χ4n) is 0.729. The molecule has 0 bridgehead atoms. The molecule has 1 radical (unpaired) electrons. The third kappa shape index (κ3) is 2.26. The SMILES string of the molecule is [O]c1ccc(C=CC=O)cc1. The lowest BCUT2D eigenvalue weighted by Gasteiger charge is -1.89. The van der Waals surface area contributed by atoms with Gasteiger partial charge in [0.15, 0.2) is 5.75 Å². The van der Waals surface area contributed by atoms with E-state index < -0.39 is 0 Å². The quantitative estimate of drug-likeness (QED) is 0.465. The van der Waals surface area contributed by atoms with Crippen LogP contribution in [0.25, 0.3) is 6.08 Å². The number of hydrogen-bond acceptors (Lipinski definition) is 1. The molecule has 0 N–H and O–H groups in total. The third-order valence-corrected chi connectivity index (χ3v) is 1.25. The van der Waals surface area contributed by atoms with E-state index in [1.54, 1.807) is 18.2 Å². The summed E-state index contributed by atoms with van der Waals surface area (Å²) < 4.78 is 0. The van der Waals surface area contributed by atoms with Gasteiger partial charge in [0.1, 0.15) is 6.29 Å². The second-order valence-corrected chi connectivity index (χ2v) is 2.06. The van der Waals surface area contributed by atoms with Gasteiger partial charge in [-0.1, -0.05) is 18.2 Å². The number of allylic oxidation sites excluding steroid dienone is 1. The second kappa shape index (κ2) is 3.56. The van der Waals surface area contributed by atoms with Gasteiger partial charge in [-0.15, -0.1) is 0 Å². The molecule has 2 nitrogen and oxygen atoms in total. The van der Waals surface area contributed by atoms with Crippen LogP contribution in [0.3, 0.4) is 0 Å². The Morgan fingerprint density at radius 1 is 1.09 bits per heavy atom. The van der Waals surface area contributed by atoms with Crippen molar-refractivity contribution >= 4 is 12.4 Å². The molecule has 11 heavy (non-hydrogen) atoms. The van der Waals surface area contributed by atoms with Crippen LogP contribution in [-0.4, -0.2) is 6.29 Å². The molecule has 55 valence electrons. The first-order valence-electron chi connectivity index (χ1n) is 3.22. The lowest BCUT2D eigenvalue weighted by atomic mass is 10.2. The van der Waals surface area contributed by atoms with Crippen LogP contribution in [0.15, 0.2) is 30.3 Å². The van der Waals surface area contributed by atoms with Crippen molar-refractivity contribution in [3.8, 4) is 5.75 Å². The summed E-state index contributed by atoms with van der Waals surface area (Å²) in [6, 6.07) is 6.26. The van der Waals surface area contributed by atoms with Crippen LogP contribution in [0, 0.1) is 0 Å². The van der Waals surface area contributed by atoms with E-state index >= 15 is 0 Å². The summed E-state index contributed by atoms with van der Waals surface area (Å²) in [5.41, 5.74) is 0.858. The Kier molecular flexibility index (Phi) is 2.44. The number of carbonyl (C=O) groups excluding carboxylic acids is 1. The average molecular weight is 147 g/mol. The van der Waals surface area contributed by atoms with Crippen molar-refractivity contribution in [2.45, 2.75) is 0 Å². The van der Waals surface area contributed by atoms with Crippen molar-refractivity contribution in [1.82, 2.24) is 0 Å². The Labute approximate surface area is 64.8 Å². The molecule has 0 aliphatic carbocycles. The van der Waals surface area contributed by atoms with Crippen molar-refractivity contribution in [2.24, 2.45) is 0 Å². The number of hydrogen-bond donors (Lipinski definition) is 0. The highest BCUT2D eigenvalue weighted by Gasteiger charge is 1.87. The van der Waals surface area contributed by atoms with Gasteiger partial charge in [-0.05, 0) is 23.8 Å². The molecule has 0 saturated carbocycles. The summed E-state index contributed by atoms with van der Waals surface area (Å²) >= 11 is 0. The van der Waals surface area contributed by atoms with Crippen molar-refractivity contribution in [2.75, 3.05) is 0 Å². The minimum absolute atomic E-state index is 0.0201. The molecule has 0 heterocycles. The summed E-state index contributed by atoms with van der Waals surface area (Å²) in [6.07, 6.45) is 3.73. The van der Waals surface area contributed by atoms with Crippen LogP contribution >= 0.6 is 0 Å². The van der Waals surface area contributed by atoms with Gasteiger partial charge in [-0.25, -0.2) is 0 Å². The maximum atomic E-state index is 10.6. The van der Waals surface area contributed by atoms with Gasteiger partial charge >= 0.3 is 0 Å². The summed E-state index contributed by atoms with van der Waals surface area (Å²) in [5, 5.41) is 10.6. The Morgan fingerprint density at radius 2 is 1.73 bits per heavy atom. The third-order valence-electron chi connectivity index (χ3n) is 1.25. The zero-order valence-corrected chi connectivity index (χ0v) is 5.86. The van der Waals surface area contributed by atoms with E-state index in [1.165, 1.54) is 18.2 Å². The van der Waals surface area contributed by atoms with E-state index in [9.17, 15) is 9.90 Å². The highest BCUT2D eigenvalue weighted by Crippen LogP contribution is 2.10. The Balaban J connectivity index is 2.81. The number of benzene rings is 1. The predicted octanol–water partition coefficient (Wildman–Crippen LogP) is 2.04. The van der Waals surface area contributed by atoms with Crippen molar-refractivity contribution in [3.05, 3.63) is 35.9 Å². The summed E-state index contributed by atoms with van der Waals surface area (Å²) in [4.78, 5) is 9.90. The van der Waals surface area contributed by atoms with Crippen LogP contribution in [0.1, 0.15) is 5.56 Å². The van der Waals surface area contributed by atoms with Crippen molar-refractivity contribution in [1.29, 1.82) is 0 Å². The minimum Gasteiger partial charge on any atom is -0.299 e. The lowest BCUT2D eigenvalue weighted by molar-refractivity contribution is -0.104. The zero-order valence-electron chi connectivity index (χ0n) is 5.86. The smallest absolute Gasteiger partial charge is 0.178 e. The highest BCUT2D eigenvalue weighted by molar-refractivity contribution is 5.73. The summed E-state index contributed by atoms with van der Waals surface area (Å²) in [5.74, 6) is -0.0201. The van der Waals surface area contributed by atoms with E-state index in [4.69, 9.17) is 0 Å². The lowest BCUT2D eigenvalue weighted by Crippen LogP contribution is -1.69. The molecule has 0 aliphatic rings. The molecule has 0 saturated heterocycles. The largest absolute Gasteiger partial charge is 0.299 e. The summed E-state index contributed by atoms with van der Waals surface area (Å²) in [6.45, 7) is 0. The molecule has 2 heteroatoms. The summed E-state index contributed by atoms with van der Waals surface area (Å²) in [7, 11) is 0. The molecule has 0 atom stereocenters. The van der Waals surface area contributed by atoms with E-state index in [0.717, 1.165) is 5.56 Å². The fraction of sp³-hybridized carbons (Fsp3) is 0. The Hall–Kier alpha value is -1.57. The zero-order chi connectivity index (χ0) is 8.10. The molecular formula is C9H7O2. The Bertz CT molecular complexity index is 259. The molecule has 1 rings (SSSR count). The van der Waals surface area contributed by atoms with Gasteiger partial charge in [0.05, 0.1) is 0 Å². The normalized spacial score (nSPS) is 10.2. The topological polar surface area (TPSA) is 37.0 Å². The Morgan fingerprint density at radius 3 is 2.27 bits per heavy atom. The van der Waals surface area contributed by atoms with Gasteiger partial charge in [0, 0.05) is 0 Å². The number of aldehydes is 1. The molecule has 0 aromatic heterocycles. The van der Waals surface area contributed by atoms with Gasteiger partial charge in [-0.3, -0.25) is 9.90 Å². The predicted molar refractivity (Wildman–Crippen MR) is 41.7 cm³/mol. The molecule has 0 unspecified atom stereocenters. The standard InChI is InChI=1S/C9H7O2/c10-7-1-2-8-3-5-9(11)6-4-8/h1-7H. The molecule has 0 amide bonds. The van der Waals surface area contributed by atoms with Gasteiger partial charge in [0.2, 0.25) is 0 Å². The molecule has 0 spiro atoms. The van der Waals surface area contributed by atoms with Crippen molar-refractivity contribution in [3.63, 3.8) is 0 Å².